The van der Waals surface area contributed by atoms with Crippen molar-refractivity contribution in [3.05, 3.63) is 0 Å². The highest BCUT2D eigenvalue weighted by Crippen LogP contribution is 2.29. The molecule has 2 nitrogen and oxygen atoms in total. The van der Waals surface area contributed by atoms with Crippen LogP contribution in [-0.2, 0) is 9.53 Å². The highest BCUT2D eigenvalue weighted by atomic mass is 16.5. The molecule has 0 aromatic carbocycles. The first-order valence-electron chi connectivity index (χ1n) is 6.83. The zero-order valence-electron chi connectivity index (χ0n) is 10.8. The Balaban J connectivity index is 2.07. The SMILES string of the molecule is CCCCC(=O)COCC1CCCCC1C. The minimum atomic E-state index is 0.269. The first kappa shape index (κ1) is 13.7. The van der Waals surface area contributed by atoms with Gasteiger partial charge in [0, 0.05) is 6.42 Å². The van der Waals surface area contributed by atoms with Crippen molar-refractivity contribution < 1.29 is 9.53 Å². The Labute approximate surface area is 99.8 Å². The van der Waals surface area contributed by atoms with Crippen molar-refractivity contribution in [2.24, 2.45) is 11.8 Å². The molecule has 1 saturated carbocycles. The van der Waals surface area contributed by atoms with Gasteiger partial charge in [0.05, 0.1) is 6.61 Å². The molecule has 0 N–H and O–H groups in total. The van der Waals surface area contributed by atoms with Gasteiger partial charge >= 0.3 is 0 Å². The fourth-order valence-corrected chi connectivity index (χ4v) is 2.41. The quantitative estimate of drug-likeness (QED) is 0.663. The molecule has 2 unspecified atom stereocenters. The van der Waals surface area contributed by atoms with Crippen molar-refractivity contribution in [3.63, 3.8) is 0 Å². The van der Waals surface area contributed by atoms with Crippen molar-refractivity contribution in [2.45, 2.75) is 58.8 Å². The minimum absolute atomic E-state index is 0.269. The van der Waals surface area contributed by atoms with Gasteiger partial charge < -0.3 is 4.74 Å². The number of ether oxygens (including phenoxy) is 1. The molecule has 94 valence electrons. The molecule has 1 rings (SSSR count). The number of carbonyl (C=O) groups excluding carboxylic acids is 1. The summed E-state index contributed by atoms with van der Waals surface area (Å²) in [5, 5.41) is 0. The van der Waals surface area contributed by atoms with Crippen LogP contribution >= 0.6 is 0 Å². The van der Waals surface area contributed by atoms with E-state index in [0.717, 1.165) is 25.4 Å². The van der Waals surface area contributed by atoms with Crippen molar-refractivity contribution in [1.29, 1.82) is 0 Å². The molecule has 0 amide bonds. The zero-order chi connectivity index (χ0) is 11.8. The summed E-state index contributed by atoms with van der Waals surface area (Å²) < 4.78 is 5.55. The van der Waals surface area contributed by atoms with Gasteiger partial charge in [0.2, 0.25) is 0 Å². The molecular weight excluding hydrogens is 200 g/mol. The Morgan fingerprint density at radius 2 is 2.06 bits per heavy atom. The van der Waals surface area contributed by atoms with E-state index in [4.69, 9.17) is 4.74 Å². The van der Waals surface area contributed by atoms with E-state index in [1.54, 1.807) is 0 Å². The maximum Gasteiger partial charge on any atom is 0.158 e. The Bertz CT molecular complexity index is 201. The number of Topliss-reactive ketones (excluding diaryl/α,β-unsaturated/α-hetero) is 1. The highest BCUT2D eigenvalue weighted by molar-refractivity contribution is 5.79. The molecule has 1 fully saturated rings. The van der Waals surface area contributed by atoms with E-state index < -0.39 is 0 Å². The predicted octanol–water partition coefficient (Wildman–Crippen LogP) is 3.59. The van der Waals surface area contributed by atoms with Gasteiger partial charge in [-0.2, -0.15) is 0 Å². The monoisotopic (exact) mass is 226 g/mol. The second-order valence-electron chi connectivity index (χ2n) is 5.18. The maximum atomic E-state index is 11.4. The molecule has 2 atom stereocenters. The Morgan fingerprint density at radius 3 is 2.75 bits per heavy atom. The normalized spacial score (nSPS) is 25.6. The summed E-state index contributed by atoms with van der Waals surface area (Å²) in [5.41, 5.74) is 0. The summed E-state index contributed by atoms with van der Waals surface area (Å²) in [6, 6.07) is 0. The van der Waals surface area contributed by atoms with Gasteiger partial charge in [-0.1, -0.05) is 39.5 Å². The average molecular weight is 226 g/mol. The third-order valence-electron chi connectivity index (χ3n) is 3.69. The molecule has 0 radical (unpaired) electrons. The van der Waals surface area contributed by atoms with Gasteiger partial charge in [-0.3, -0.25) is 4.79 Å². The smallest absolute Gasteiger partial charge is 0.158 e. The van der Waals surface area contributed by atoms with Crippen molar-refractivity contribution in [3.8, 4) is 0 Å². The molecule has 0 saturated heterocycles. The summed E-state index contributed by atoms with van der Waals surface area (Å²) in [6.07, 6.45) is 8.10. The standard InChI is InChI=1S/C14H26O2/c1-3-4-9-14(15)11-16-10-13-8-6-5-7-12(13)2/h12-13H,3-11H2,1-2H3. The Kier molecular flexibility index (Phi) is 6.70. The van der Waals surface area contributed by atoms with Crippen LogP contribution in [0, 0.1) is 11.8 Å². The molecule has 1 aliphatic carbocycles. The lowest BCUT2D eigenvalue weighted by Crippen LogP contribution is -2.23. The van der Waals surface area contributed by atoms with E-state index >= 15 is 0 Å². The van der Waals surface area contributed by atoms with Crippen molar-refractivity contribution in [2.75, 3.05) is 13.2 Å². The van der Waals surface area contributed by atoms with Crippen LogP contribution in [0.5, 0.6) is 0 Å². The third-order valence-corrected chi connectivity index (χ3v) is 3.69. The highest BCUT2D eigenvalue weighted by Gasteiger charge is 2.21. The zero-order valence-corrected chi connectivity index (χ0v) is 10.8. The van der Waals surface area contributed by atoms with E-state index in [-0.39, 0.29) is 5.78 Å². The average Bonchev–Trinajstić information content (AvgIpc) is 2.29. The molecule has 0 aliphatic heterocycles. The molecule has 0 bridgehead atoms. The first-order valence-corrected chi connectivity index (χ1v) is 6.83. The maximum absolute atomic E-state index is 11.4. The van der Waals surface area contributed by atoms with Crippen LogP contribution in [0.4, 0.5) is 0 Å². The number of unbranched alkanes of at least 4 members (excludes halogenated alkanes) is 1. The summed E-state index contributed by atoms with van der Waals surface area (Å²) in [6.45, 7) is 5.55. The summed E-state index contributed by atoms with van der Waals surface area (Å²) in [4.78, 5) is 11.4. The van der Waals surface area contributed by atoms with E-state index in [9.17, 15) is 4.79 Å². The largest absolute Gasteiger partial charge is 0.373 e. The van der Waals surface area contributed by atoms with E-state index in [0.29, 0.717) is 18.9 Å². The number of hydrogen-bond donors (Lipinski definition) is 0. The van der Waals surface area contributed by atoms with Crippen LogP contribution in [0.3, 0.4) is 0 Å². The van der Waals surface area contributed by atoms with E-state index in [1.807, 2.05) is 0 Å². The first-order chi connectivity index (χ1) is 7.74. The molecule has 16 heavy (non-hydrogen) atoms. The number of carbonyl (C=O) groups is 1. The molecular formula is C14H26O2. The minimum Gasteiger partial charge on any atom is -0.373 e. The van der Waals surface area contributed by atoms with Crippen LogP contribution < -0.4 is 0 Å². The van der Waals surface area contributed by atoms with E-state index in [2.05, 4.69) is 13.8 Å². The van der Waals surface area contributed by atoms with Crippen LogP contribution in [0.15, 0.2) is 0 Å². The molecule has 2 heteroatoms. The van der Waals surface area contributed by atoms with Crippen molar-refractivity contribution >= 4 is 5.78 Å². The molecule has 0 aromatic heterocycles. The number of ketones is 1. The summed E-state index contributed by atoms with van der Waals surface area (Å²) in [5.74, 6) is 1.73. The fraction of sp³-hybridized carbons (Fsp3) is 0.929. The lowest BCUT2D eigenvalue weighted by molar-refractivity contribution is -0.124. The van der Waals surface area contributed by atoms with Gasteiger partial charge in [-0.25, -0.2) is 0 Å². The van der Waals surface area contributed by atoms with Crippen LogP contribution in [0.25, 0.3) is 0 Å². The third kappa shape index (κ3) is 5.11. The fourth-order valence-electron chi connectivity index (χ4n) is 2.41. The lowest BCUT2D eigenvalue weighted by Gasteiger charge is -2.28. The summed E-state index contributed by atoms with van der Waals surface area (Å²) in [7, 11) is 0. The van der Waals surface area contributed by atoms with Gasteiger partial charge in [-0.05, 0) is 24.7 Å². The van der Waals surface area contributed by atoms with Gasteiger partial charge in [0.25, 0.3) is 0 Å². The second-order valence-corrected chi connectivity index (χ2v) is 5.18. The molecule has 0 heterocycles. The molecule has 0 aromatic rings. The molecule has 1 aliphatic rings. The Morgan fingerprint density at radius 1 is 1.31 bits per heavy atom. The number of hydrogen-bond acceptors (Lipinski definition) is 2. The predicted molar refractivity (Wildman–Crippen MR) is 66.5 cm³/mol. The van der Waals surface area contributed by atoms with Gasteiger partial charge in [0.1, 0.15) is 6.61 Å². The second kappa shape index (κ2) is 7.83. The number of rotatable bonds is 7. The van der Waals surface area contributed by atoms with Gasteiger partial charge in [-0.15, -0.1) is 0 Å². The van der Waals surface area contributed by atoms with Crippen LogP contribution in [0.1, 0.15) is 58.8 Å². The van der Waals surface area contributed by atoms with Crippen LogP contribution in [0.2, 0.25) is 0 Å². The topological polar surface area (TPSA) is 26.3 Å². The van der Waals surface area contributed by atoms with Crippen molar-refractivity contribution in [1.82, 2.24) is 0 Å². The van der Waals surface area contributed by atoms with E-state index in [1.165, 1.54) is 25.7 Å². The molecule has 0 spiro atoms. The Hall–Kier alpha value is -0.370. The summed E-state index contributed by atoms with van der Waals surface area (Å²) >= 11 is 0. The van der Waals surface area contributed by atoms with Gasteiger partial charge in [0.15, 0.2) is 5.78 Å². The van der Waals surface area contributed by atoms with Crippen LogP contribution in [-0.4, -0.2) is 19.0 Å². The lowest BCUT2D eigenvalue weighted by atomic mass is 9.81.